The van der Waals surface area contributed by atoms with E-state index >= 15 is 0 Å². The molecule has 6 nitrogen and oxygen atoms in total. The van der Waals surface area contributed by atoms with Crippen LogP contribution in [0, 0.1) is 11.6 Å². The first kappa shape index (κ1) is 18.1. The van der Waals surface area contributed by atoms with Gasteiger partial charge in [-0.2, -0.15) is 0 Å². The minimum absolute atomic E-state index is 0.0138. The summed E-state index contributed by atoms with van der Waals surface area (Å²) >= 11 is 0. The van der Waals surface area contributed by atoms with Crippen molar-refractivity contribution in [3.8, 4) is 0 Å². The van der Waals surface area contributed by atoms with Crippen molar-refractivity contribution in [3.63, 3.8) is 0 Å². The van der Waals surface area contributed by atoms with E-state index < -0.39 is 17.5 Å². The molecule has 2 aromatic carbocycles. The third kappa shape index (κ3) is 4.49. The van der Waals surface area contributed by atoms with E-state index in [-0.39, 0.29) is 23.1 Å². The fraction of sp³-hybridized carbons (Fsp3) is 0.0526. The van der Waals surface area contributed by atoms with Gasteiger partial charge in [-0.3, -0.25) is 9.59 Å². The van der Waals surface area contributed by atoms with Crippen molar-refractivity contribution in [2.75, 3.05) is 10.6 Å². The van der Waals surface area contributed by atoms with Crippen LogP contribution >= 0.6 is 0 Å². The zero-order chi connectivity index (χ0) is 19.4. The van der Waals surface area contributed by atoms with Crippen molar-refractivity contribution >= 4 is 29.0 Å². The van der Waals surface area contributed by atoms with Crippen LogP contribution in [0.1, 0.15) is 27.8 Å². The zero-order valence-electron chi connectivity index (χ0n) is 14.2. The number of Topliss-reactive ketones (excluding diaryl/α,β-unsaturated/α-hetero) is 1. The molecule has 0 spiro atoms. The topological polar surface area (TPSA) is 84.0 Å². The minimum atomic E-state index is -0.806. The second-order valence-corrected chi connectivity index (χ2v) is 5.60. The molecule has 0 saturated heterocycles. The van der Waals surface area contributed by atoms with Crippen molar-refractivity contribution in [2.45, 2.75) is 6.92 Å². The van der Waals surface area contributed by atoms with Gasteiger partial charge in [-0.05, 0) is 49.4 Å². The lowest BCUT2D eigenvalue weighted by molar-refractivity contribution is 0.101. The second-order valence-electron chi connectivity index (χ2n) is 5.60. The number of nitrogens with one attached hydrogen (secondary N) is 2. The highest BCUT2D eigenvalue weighted by Crippen LogP contribution is 2.18. The second kappa shape index (κ2) is 7.69. The number of hydrogen-bond acceptors (Lipinski definition) is 5. The standard InChI is InChI=1S/C19H14F2N4O2/c1-11(26)12-2-5-14(6-3-12)23-18(27)17-8-9-22-19(25-17)24-16-7-4-13(20)10-15(16)21/h2-10H,1H3,(H,23,27)(H,22,24,25). The molecule has 1 aromatic heterocycles. The van der Waals surface area contributed by atoms with Crippen LogP contribution in [0.2, 0.25) is 0 Å². The van der Waals surface area contributed by atoms with Crippen molar-refractivity contribution in [1.29, 1.82) is 0 Å². The zero-order valence-corrected chi connectivity index (χ0v) is 14.2. The van der Waals surface area contributed by atoms with Crippen LogP contribution in [0.15, 0.2) is 54.7 Å². The Morgan fingerprint density at radius 3 is 2.41 bits per heavy atom. The quantitative estimate of drug-likeness (QED) is 0.666. The lowest BCUT2D eigenvalue weighted by atomic mass is 10.1. The van der Waals surface area contributed by atoms with E-state index in [0.29, 0.717) is 11.3 Å². The van der Waals surface area contributed by atoms with Gasteiger partial charge in [0.25, 0.3) is 5.91 Å². The molecule has 3 rings (SSSR count). The van der Waals surface area contributed by atoms with Gasteiger partial charge in [0.2, 0.25) is 5.95 Å². The molecule has 0 aliphatic heterocycles. The predicted molar refractivity (Wildman–Crippen MR) is 96.1 cm³/mol. The summed E-state index contributed by atoms with van der Waals surface area (Å²) in [6, 6.07) is 10.8. The molecule has 27 heavy (non-hydrogen) atoms. The number of benzene rings is 2. The Kier molecular flexibility index (Phi) is 5.16. The number of anilines is 3. The number of aromatic nitrogens is 2. The minimum Gasteiger partial charge on any atom is -0.322 e. The molecule has 0 bridgehead atoms. The molecule has 2 N–H and O–H groups in total. The van der Waals surface area contributed by atoms with Crippen molar-refractivity contribution in [1.82, 2.24) is 9.97 Å². The average molecular weight is 368 g/mol. The van der Waals surface area contributed by atoms with E-state index in [0.717, 1.165) is 12.1 Å². The van der Waals surface area contributed by atoms with E-state index in [1.54, 1.807) is 24.3 Å². The van der Waals surface area contributed by atoms with Crippen LogP contribution < -0.4 is 10.6 Å². The van der Waals surface area contributed by atoms with Crippen molar-refractivity contribution < 1.29 is 18.4 Å². The largest absolute Gasteiger partial charge is 0.322 e. The molecular formula is C19H14F2N4O2. The number of rotatable bonds is 5. The first-order chi connectivity index (χ1) is 12.9. The SMILES string of the molecule is CC(=O)c1ccc(NC(=O)c2ccnc(Nc3ccc(F)cc3F)n2)cc1. The maximum absolute atomic E-state index is 13.7. The smallest absolute Gasteiger partial charge is 0.274 e. The molecule has 0 radical (unpaired) electrons. The Balaban J connectivity index is 1.74. The highest BCUT2D eigenvalue weighted by atomic mass is 19.1. The summed E-state index contributed by atoms with van der Waals surface area (Å²) in [7, 11) is 0. The summed E-state index contributed by atoms with van der Waals surface area (Å²) in [5.41, 5.74) is 1.05. The predicted octanol–water partition coefficient (Wildman–Crippen LogP) is 3.95. The third-order valence-electron chi connectivity index (χ3n) is 3.62. The number of halogens is 2. The Bertz CT molecular complexity index is 1010. The highest BCUT2D eigenvalue weighted by Gasteiger charge is 2.11. The van der Waals surface area contributed by atoms with Crippen molar-refractivity contribution in [3.05, 3.63) is 77.6 Å². The van der Waals surface area contributed by atoms with Gasteiger partial charge in [0.1, 0.15) is 17.3 Å². The average Bonchev–Trinajstić information content (AvgIpc) is 2.65. The van der Waals surface area contributed by atoms with E-state index in [1.165, 1.54) is 25.3 Å². The molecule has 3 aromatic rings. The monoisotopic (exact) mass is 368 g/mol. The van der Waals surface area contributed by atoms with Crippen LogP contribution in [0.3, 0.4) is 0 Å². The Hall–Kier alpha value is -3.68. The molecule has 0 aliphatic carbocycles. The number of carbonyl (C=O) groups is 2. The maximum Gasteiger partial charge on any atom is 0.274 e. The summed E-state index contributed by atoms with van der Waals surface area (Å²) in [5.74, 6) is -2.11. The Morgan fingerprint density at radius 1 is 1.00 bits per heavy atom. The highest BCUT2D eigenvalue weighted by molar-refractivity contribution is 6.03. The van der Waals surface area contributed by atoms with Gasteiger partial charge in [-0.15, -0.1) is 0 Å². The number of nitrogens with zero attached hydrogens (tertiary/aromatic N) is 2. The molecule has 1 amide bonds. The van der Waals surface area contributed by atoms with Crippen LogP contribution in [0.5, 0.6) is 0 Å². The number of carbonyl (C=O) groups excluding carboxylic acids is 2. The van der Waals surface area contributed by atoms with E-state index in [1.807, 2.05) is 0 Å². The van der Waals surface area contributed by atoms with Crippen LogP contribution in [0.25, 0.3) is 0 Å². The molecule has 0 unspecified atom stereocenters. The lowest BCUT2D eigenvalue weighted by Gasteiger charge is -2.08. The van der Waals surface area contributed by atoms with E-state index in [4.69, 9.17) is 0 Å². The first-order valence-corrected chi connectivity index (χ1v) is 7.90. The first-order valence-electron chi connectivity index (χ1n) is 7.90. The van der Waals surface area contributed by atoms with Crippen LogP contribution in [-0.4, -0.2) is 21.7 Å². The molecule has 136 valence electrons. The number of amides is 1. The molecule has 0 saturated carbocycles. The molecule has 0 aliphatic rings. The molecule has 1 heterocycles. The van der Waals surface area contributed by atoms with E-state index in [2.05, 4.69) is 20.6 Å². The summed E-state index contributed by atoms with van der Waals surface area (Å²) in [6.07, 6.45) is 1.34. The van der Waals surface area contributed by atoms with Gasteiger partial charge in [-0.1, -0.05) is 0 Å². The number of hydrogen-bond donors (Lipinski definition) is 2. The third-order valence-corrected chi connectivity index (χ3v) is 3.62. The fourth-order valence-electron chi connectivity index (χ4n) is 2.24. The lowest BCUT2D eigenvalue weighted by Crippen LogP contribution is -2.15. The van der Waals surface area contributed by atoms with Gasteiger partial charge in [-0.25, -0.2) is 18.7 Å². The van der Waals surface area contributed by atoms with Gasteiger partial charge < -0.3 is 10.6 Å². The normalized spacial score (nSPS) is 10.3. The molecule has 0 fully saturated rings. The molecule has 8 heteroatoms. The summed E-state index contributed by atoms with van der Waals surface area (Å²) in [4.78, 5) is 31.5. The maximum atomic E-state index is 13.7. The van der Waals surface area contributed by atoms with Gasteiger partial charge in [0.05, 0.1) is 5.69 Å². The van der Waals surface area contributed by atoms with Gasteiger partial charge in [0.15, 0.2) is 5.78 Å². The Morgan fingerprint density at radius 2 is 1.74 bits per heavy atom. The molecule has 0 atom stereocenters. The van der Waals surface area contributed by atoms with Gasteiger partial charge >= 0.3 is 0 Å². The summed E-state index contributed by atoms with van der Waals surface area (Å²) < 4.78 is 26.7. The molecular weight excluding hydrogens is 354 g/mol. The Labute approximate surface area is 153 Å². The summed E-state index contributed by atoms with van der Waals surface area (Å²) in [5, 5.41) is 5.24. The van der Waals surface area contributed by atoms with Gasteiger partial charge in [0, 0.05) is 23.5 Å². The fourth-order valence-corrected chi connectivity index (χ4v) is 2.24. The summed E-state index contributed by atoms with van der Waals surface area (Å²) in [6.45, 7) is 1.45. The van der Waals surface area contributed by atoms with Crippen LogP contribution in [0.4, 0.5) is 26.1 Å². The van der Waals surface area contributed by atoms with Crippen molar-refractivity contribution in [2.24, 2.45) is 0 Å². The number of ketones is 1. The van der Waals surface area contributed by atoms with Crippen LogP contribution in [-0.2, 0) is 0 Å². The van der Waals surface area contributed by atoms with E-state index in [9.17, 15) is 18.4 Å².